The monoisotopic (exact) mass is 844 g/mol. The third-order valence-corrected chi connectivity index (χ3v) is 10.5. The van der Waals surface area contributed by atoms with Gasteiger partial charge in [-0.15, -0.1) is 0 Å². The number of ether oxygens (including phenoxy) is 8. The molecule has 0 spiro atoms. The number of carbonyl (C=O) groups is 4. The van der Waals surface area contributed by atoms with Crippen LogP contribution in [0.5, 0.6) is 0 Å². The zero-order valence-corrected chi connectivity index (χ0v) is 34.7. The molecule has 13 nitrogen and oxygen atoms in total. The van der Waals surface area contributed by atoms with Crippen LogP contribution < -0.4 is 0 Å². The first-order valence-electron chi connectivity index (χ1n) is 20.2. The van der Waals surface area contributed by atoms with Crippen LogP contribution in [0.4, 0.5) is 0 Å². The molecule has 2 fully saturated rings. The van der Waals surface area contributed by atoms with E-state index < -0.39 is 79.7 Å². The summed E-state index contributed by atoms with van der Waals surface area (Å²) in [6, 6.07) is 35.9. The van der Waals surface area contributed by atoms with E-state index in [1.165, 1.54) is 0 Å². The van der Waals surface area contributed by atoms with Crippen molar-refractivity contribution in [3.05, 3.63) is 177 Å². The summed E-state index contributed by atoms with van der Waals surface area (Å²) in [5.74, 6) is -3.14. The molecule has 0 unspecified atom stereocenters. The standard InChI is InChI=1S/C49H48O13/c1-29-10-18-34(19-11-29)44(51)59-40-38(50)27-56-49(42(40)61-46(53)36-22-14-31(3)15-23-36)58-39-28-57-48(55-26-33-8-6-5-7-9-33)43(62-47(54)37-24-16-32(4)17-25-37)41(39)60-45(52)35-20-12-30(2)13-21-35/h5-25,38-43,48-50H,26-28H2,1-4H3/t38-,39-,40+,41+,42-,43-,48-,49+/m1/s1. The van der Waals surface area contributed by atoms with E-state index in [4.69, 9.17) is 37.9 Å². The molecule has 0 aliphatic carbocycles. The van der Waals surface area contributed by atoms with Crippen LogP contribution >= 0.6 is 0 Å². The molecule has 0 saturated carbocycles. The van der Waals surface area contributed by atoms with E-state index in [0.717, 1.165) is 27.8 Å². The molecule has 62 heavy (non-hydrogen) atoms. The Kier molecular flexibility index (Phi) is 14.2. The van der Waals surface area contributed by atoms with Gasteiger partial charge in [-0.3, -0.25) is 0 Å². The van der Waals surface area contributed by atoms with Gasteiger partial charge in [-0.25, -0.2) is 19.2 Å². The molecule has 2 saturated heterocycles. The third kappa shape index (κ3) is 11.0. The first-order valence-corrected chi connectivity index (χ1v) is 20.2. The van der Waals surface area contributed by atoms with Gasteiger partial charge in [0.15, 0.2) is 37.0 Å². The molecule has 7 rings (SSSR count). The van der Waals surface area contributed by atoms with Crippen molar-refractivity contribution in [2.45, 2.75) is 83.5 Å². The summed E-state index contributed by atoms with van der Waals surface area (Å²) >= 11 is 0. The summed E-state index contributed by atoms with van der Waals surface area (Å²) in [4.78, 5) is 55.1. The van der Waals surface area contributed by atoms with Crippen LogP contribution in [-0.4, -0.2) is 91.4 Å². The highest BCUT2D eigenvalue weighted by molar-refractivity contribution is 5.91. The average Bonchev–Trinajstić information content (AvgIpc) is 3.27. The molecule has 322 valence electrons. The van der Waals surface area contributed by atoms with Crippen LogP contribution in [-0.2, 0) is 44.5 Å². The van der Waals surface area contributed by atoms with Gasteiger partial charge < -0.3 is 43.0 Å². The van der Waals surface area contributed by atoms with Gasteiger partial charge in [-0.05, 0) is 81.8 Å². The number of aliphatic hydroxyl groups is 1. The number of hydrogen-bond donors (Lipinski definition) is 1. The number of esters is 4. The second kappa shape index (κ2) is 20.1. The van der Waals surface area contributed by atoms with Gasteiger partial charge in [-0.1, -0.05) is 101 Å². The first-order chi connectivity index (χ1) is 29.9. The normalized spacial score (nSPS) is 23.4. The van der Waals surface area contributed by atoms with Gasteiger partial charge >= 0.3 is 23.9 Å². The molecule has 5 aromatic rings. The molecule has 0 bridgehead atoms. The number of aliphatic hydroxyl groups excluding tert-OH is 1. The Morgan fingerprint density at radius 1 is 0.484 bits per heavy atom. The molecule has 0 radical (unpaired) electrons. The van der Waals surface area contributed by atoms with E-state index in [2.05, 4.69) is 0 Å². The first kappa shape index (κ1) is 43.9. The largest absolute Gasteiger partial charge is 0.452 e. The number of benzene rings is 5. The molecule has 5 aromatic carbocycles. The zero-order valence-electron chi connectivity index (χ0n) is 34.7. The minimum atomic E-state index is -1.57. The van der Waals surface area contributed by atoms with Crippen molar-refractivity contribution < 1.29 is 62.2 Å². The third-order valence-electron chi connectivity index (χ3n) is 10.5. The van der Waals surface area contributed by atoms with Crippen molar-refractivity contribution in [1.82, 2.24) is 0 Å². The van der Waals surface area contributed by atoms with Crippen LogP contribution in [0, 0.1) is 27.7 Å². The van der Waals surface area contributed by atoms with Crippen molar-refractivity contribution in [2.24, 2.45) is 0 Å². The topological polar surface area (TPSA) is 162 Å². The van der Waals surface area contributed by atoms with Gasteiger partial charge in [0.1, 0.15) is 12.2 Å². The van der Waals surface area contributed by atoms with E-state index in [0.29, 0.717) is 0 Å². The Labute approximate surface area is 359 Å². The van der Waals surface area contributed by atoms with E-state index in [-0.39, 0.29) is 35.5 Å². The van der Waals surface area contributed by atoms with E-state index in [1.54, 1.807) is 97.1 Å². The van der Waals surface area contributed by atoms with Gasteiger partial charge in [-0.2, -0.15) is 0 Å². The molecule has 8 atom stereocenters. The Balaban J connectivity index is 1.23. The van der Waals surface area contributed by atoms with Gasteiger partial charge in [0, 0.05) is 0 Å². The highest BCUT2D eigenvalue weighted by Crippen LogP contribution is 2.32. The summed E-state index contributed by atoms with van der Waals surface area (Å²) in [7, 11) is 0. The van der Waals surface area contributed by atoms with Crippen LogP contribution in [0.2, 0.25) is 0 Å². The Morgan fingerprint density at radius 3 is 1.29 bits per heavy atom. The summed E-state index contributed by atoms with van der Waals surface area (Å²) < 4.78 is 49.2. The van der Waals surface area contributed by atoms with Crippen molar-refractivity contribution in [3.63, 3.8) is 0 Å². The molecule has 0 aromatic heterocycles. The second-order valence-electron chi connectivity index (χ2n) is 15.4. The van der Waals surface area contributed by atoms with Crippen LogP contribution in [0.1, 0.15) is 69.2 Å². The number of rotatable bonds is 13. The maximum Gasteiger partial charge on any atom is 0.338 e. The van der Waals surface area contributed by atoms with E-state index in [9.17, 15) is 24.3 Å². The predicted octanol–water partition coefficient (Wildman–Crippen LogP) is 6.80. The Hall–Kier alpha value is -6.22. The Morgan fingerprint density at radius 2 is 0.855 bits per heavy atom. The van der Waals surface area contributed by atoms with Crippen molar-refractivity contribution >= 4 is 23.9 Å². The minimum Gasteiger partial charge on any atom is -0.452 e. The average molecular weight is 845 g/mol. The van der Waals surface area contributed by atoms with Gasteiger partial charge in [0.2, 0.25) is 0 Å². The fourth-order valence-electron chi connectivity index (χ4n) is 6.86. The quantitative estimate of drug-likeness (QED) is 0.0974. The predicted molar refractivity (Wildman–Crippen MR) is 223 cm³/mol. The maximum atomic E-state index is 14.0. The van der Waals surface area contributed by atoms with Crippen molar-refractivity contribution in [3.8, 4) is 0 Å². The van der Waals surface area contributed by atoms with E-state index in [1.807, 2.05) is 58.0 Å². The molecule has 2 aliphatic rings. The number of hydrogen-bond acceptors (Lipinski definition) is 13. The summed E-state index contributed by atoms with van der Waals surface area (Å²) in [6.07, 6.45) is -11.5. The maximum absolute atomic E-state index is 14.0. The molecule has 1 N–H and O–H groups in total. The number of carbonyl (C=O) groups excluding carboxylic acids is 4. The van der Waals surface area contributed by atoms with Crippen molar-refractivity contribution in [2.75, 3.05) is 13.2 Å². The highest BCUT2D eigenvalue weighted by atomic mass is 16.8. The SMILES string of the molecule is Cc1ccc(C(=O)O[C@@H]2[C@@H](OC(=O)c3ccc(C)cc3)[C@H](O[C@@H]3CO[C@@H](OCc4ccccc4)[C@H](OC(=O)c4ccc(C)cc4)[C@H]3OC(=O)c3ccc(C)cc3)OC[C@H]2O)cc1. The fraction of sp³-hybridized carbons (Fsp3) is 0.306. The summed E-state index contributed by atoms with van der Waals surface area (Å²) in [6.45, 7) is 6.81. The molecule has 13 heteroatoms. The lowest BCUT2D eigenvalue weighted by molar-refractivity contribution is -0.327. The number of aryl methyl sites for hydroxylation is 4. The lowest BCUT2D eigenvalue weighted by Gasteiger charge is -2.44. The molecular weight excluding hydrogens is 797 g/mol. The highest BCUT2D eigenvalue weighted by Gasteiger charge is 2.52. The van der Waals surface area contributed by atoms with Crippen LogP contribution in [0.25, 0.3) is 0 Å². The molecule has 0 amide bonds. The molecule has 2 aliphatic heterocycles. The lowest BCUT2D eigenvalue weighted by Crippen LogP contribution is -2.62. The smallest absolute Gasteiger partial charge is 0.338 e. The second-order valence-corrected chi connectivity index (χ2v) is 15.4. The van der Waals surface area contributed by atoms with Crippen LogP contribution in [0.3, 0.4) is 0 Å². The molecular formula is C49H48O13. The minimum absolute atomic E-state index is 0.0446. The lowest BCUT2D eigenvalue weighted by atomic mass is 10.0. The van der Waals surface area contributed by atoms with Crippen molar-refractivity contribution in [1.29, 1.82) is 0 Å². The van der Waals surface area contributed by atoms with Gasteiger partial charge in [0.25, 0.3) is 0 Å². The zero-order chi connectivity index (χ0) is 43.8. The van der Waals surface area contributed by atoms with Crippen LogP contribution in [0.15, 0.2) is 127 Å². The summed E-state index contributed by atoms with van der Waals surface area (Å²) in [5, 5.41) is 11.3. The fourth-order valence-corrected chi connectivity index (χ4v) is 6.86. The molecule has 2 heterocycles. The summed E-state index contributed by atoms with van der Waals surface area (Å²) in [5.41, 5.74) is 5.22. The van der Waals surface area contributed by atoms with E-state index >= 15 is 0 Å². The van der Waals surface area contributed by atoms with Gasteiger partial charge in [0.05, 0.1) is 42.1 Å². The Bertz CT molecular complexity index is 2290.